The first-order valence-electron chi connectivity index (χ1n) is 12.4. The number of aromatic nitrogens is 3. The number of rotatable bonds is 6. The van der Waals surface area contributed by atoms with Crippen LogP contribution in [0, 0.1) is 19.8 Å². The Balaban J connectivity index is 1.59. The van der Waals surface area contributed by atoms with Gasteiger partial charge < -0.3 is 20.1 Å². The molecule has 3 aromatic heterocycles. The molecule has 0 saturated carbocycles. The lowest BCUT2D eigenvalue weighted by Crippen LogP contribution is -2.30. The number of hydrogen-bond donors (Lipinski definition) is 2. The van der Waals surface area contributed by atoms with E-state index in [4.69, 9.17) is 12.2 Å². The van der Waals surface area contributed by atoms with Gasteiger partial charge in [0.1, 0.15) is 11.9 Å². The van der Waals surface area contributed by atoms with Gasteiger partial charge in [-0.3, -0.25) is 9.78 Å². The molecule has 0 aliphatic carbocycles. The number of pyridine rings is 2. The van der Waals surface area contributed by atoms with E-state index in [-0.39, 0.29) is 23.9 Å². The Hall–Kier alpha value is -4.04. The predicted octanol–water partition coefficient (Wildman–Crippen LogP) is 5.66. The van der Waals surface area contributed by atoms with Crippen LogP contribution in [-0.2, 0) is 4.79 Å². The van der Waals surface area contributed by atoms with Crippen LogP contribution in [0.1, 0.15) is 48.4 Å². The molecule has 7 nitrogen and oxygen atoms in total. The van der Waals surface area contributed by atoms with E-state index in [1.165, 1.54) is 0 Å². The van der Waals surface area contributed by atoms with Crippen LogP contribution in [0.5, 0.6) is 0 Å². The molecule has 1 aliphatic heterocycles. The average Bonchev–Trinajstić information content (AvgIpc) is 3.50. The van der Waals surface area contributed by atoms with Crippen LogP contribution in [0.15, 0.2) is 79.3 Å². The Kier molecular flexibility index (Phi) is 6.76. The first kappa shape index (κ1) is 24.6. The Morgan fingerprint density at radius 2 is 1.89 bits per heavy atom. The van der Waals surface area contributed by atoms with Gasteiger partial charge in [-0.2, -0.15) is 0 Å². The first-order chi connectivity index (χ1) is 17.8. The fraction of sp³-hybridized carbons (Fsp3) is 0.241. The van der Waals surface area contributed by atoms with Crippen LogP contribution >= 0.6 is 12.2 Å². The molecule has 188 valence electrons. The number of thiocarbonyl (C=S) groups is 1. The van der Waals surface area contributed by atoms with Gasteiger partial charge in [-0.05, 0) is 85.7 Å². The monoisotopic (exact) mass is 510 g/mol. The van der Waals surface area contributed by atoms with Crippen molar-refractivity contribution >= 4 is 34.6 Å². The van der Waals surface area contributed by atoms with Gasteiger partial charge in [0, 0.05) is 41.6 Å². The van der Waals surface area contributed by atoms with Crippen molar-refractivity contribution in [1.82, 2.24) is 19.9 Å². The van der Waals surface area contributed by atoms with Gasteiger partial charge in [0.2, 0.25) is 5.91 Å². The van der Waals surface area contributed by atoms with Crippen LogP contribution < -0.4 is 15.5 Å². The molecule has 1 saturated heterocycles. The Morgan fingerprint density at radius 1 is 1.05 bits per heavy atom. The third-order valence-electron chi connectivity index (χ3n) is 6.59. The summed E-state index contributed by atoms with van der Waals surface area (Å²) in [5.74, 6) is 0.734. The standard InChI is InChI=1S/C29H30N6OS/c1-18(2)28(36)32-22-12-11-21(16-20(22)4)35-27(26(33-29(35)37)23-8-5-6-14-30-23)24-9-7-15-34(24)25-13-10-19(3)17-31-25/h5-18,26-27H,1-4H3,(H,32,36)(H,33,37)/t26-,27-/m1/s1. The van der Waals surface area contributed by atoms with E-state index in [9.17, 15) is 4.79 Å². The second-order valence-corrected chi connectivity index (χ2v) is 10.0. The fourth-order valence-electron chi connectivity index (χ4n) is 4.59. The summed E-state index contributed by atoms with van der Waals surface area (Å²) in [6.07, 6.45) is 5.70. The van der Waals surface area contributed by atoms with Crippen molar-refractivity contribution in [2.45, 2.75) is 39.8 Å². The Bertz CT molecular complexity index is 1430. The van der Waals surface area contributed by atoms with Crippen LogP contribution in [0.25, 0.3) is 5.82 Å². The lowest BCUT2D eigenvalue weighted by molar-refractivity contribution is -0.118. The van der Waals surface area contributed by atoms with Gasteiger partial charge in [-0.25, -0.2) is 4.98 Å². The Morgan fingerprint density at radius 3 is 2.57 bits per heavy atom. The third-order valence-corrected chi connectivity index (χ3v) is 6.91. The molecule has 8 heteroatoms. The molecule has 1 aliphatic rings. The zero-order chi connectivity index (χ0) is 26.1. The van der Waals surface area contributed by atoms with Gasteiger partial charge in [0.05, 0.1) is 11.7 Å². The highest BCUT2D eigenvalue weighted by Crippen LogP contribution is 2.42. The molecule has 4 aromatic rings. The van der Waals surface area contributed by atoms with Gasteiger partial charge in [0.15, 0.2) is 5.11 Å². The number of nitrogens with zero attached hydrogens (tertiary/aromatic N) is 4. The van der Waals surface area contributed by atoms with Gasteiger partial charge in [-0.15, -0.1) is 0 Å². The minimum Gasteiger partial charge on any atom is -0.351 e. The van der Waals surface area contributed by atoms with E-state index in [0.717, 1.165) is 39.7 Å². The molecule has 1 fully saturated rings. The largest absolute Gasteiger partial charge is 0.351 e. The molecule has 4 heterocycles. The van der Waals surface area contributed by atoms with E-state index in [0.29, 0.717) is 5.11 Å². The van der Waals surface area contributed by atoms with Crippen LogP contribution in [0.3, 0.4) is 0 Å². The summed E-state index contributed by atoms with van der Waals surface area (Å²) >= 11 is 5.90. The zero-order valence-corrected chi connectivity index (χ0v) is 22.2. The number of carbonyl (C=O) groups is 1. The normalized spacial score (nSPS) is 17.2. The number of carbonyl (C=O) groups excluding carboxylic acids is 1. The SMILES string of the molecule is Cc1ccc(-n2cccc2[C@@H]2[C@@H](c3ccccn3)NC(=S)N2c2ccc(NC(=O)C(C)C)c(C)c2)nc1. The van der Waals surface area contributed by atoms with E-state index in [1.807, 2.05) is 82.6 Å². The maximum atomic E-state index is 12.3. The summed E-state index contributed by atoms with van der Waals surface area (Å²) < 4.78 is 2.10. The molecule has 0 unspecified atom stereocenters. The number of benzene rings is 1. The molecule has 0 spiro atoms. The highest BCUT2D eigenvalue weighted by molar-refractivity contribution is 7.80. The molecule has 1 aromatic carbocycles. The zero-order valence-electron chi connectivity index (χ0n) is 21.3. The smallest absolute Gasteiger partial charge is 0.226 e. The van der Waals surface area contributed by atoms with E-state index in [1.54, 1.807) is 6.20 Å². The maximum absolute atomic E-state index is 12.3. The van der Waals surface area contributed by atoms with Crippen molar-refractivity contribution < 1.29 is 4.79 Å². The van der Waals surface area contributed by atoms with Crippen molar-refractivity contribution in [2.24, 2.45) is 5.92 Å². The molecule has 5 rings (SSSR count). The maximum Gasteiger partial charge on any atom is 0.226 e. The summed E-state index contributed by atoms with van der Waals surface area (Å²) in [5.41, 5.74) is 5.74. The summed E-state index contributed by atoms with van der Waals surface area (Å²) in [5, 5.41) is 7.15. The second-order valence-electron chi connectivity index (χ2n) is 9.64. The van der Waals surface area contributed by atoms with Crippen molar-refractivity contribution in [3.05, 3.63) is 102 Å². The highest BCUT2D eigenvalue weighted by Gasteiger charge is 2.42. The molecule has 0 radical (unpaired) electrons. The minimum absolute atomic E-state index is 0.00859. The molecular formula is C29H30N6OS. The average molecular weight is 511 g/mol. The van der Waals surface area contributed by atoms with Crippen LogP contribution in [0.2, 0.25) is 0 Å². The van der Waals surface area contributed by atoms with Gasteiger partial charge >= 0.3 is 0 Å². The number of hydrogen-bond acceptors (Lipinski definition) is 4. The summed E-state index contributed by atoms with van der Waals surface area (Å²) in [4.78, 5) is 23.8. The lowest BCUT2D eigenvalue weighted by atomic mass is 10.0. The number of anilines is 2. The van der Waals surface area contributed by atoms with E-state index >= 15 is 0 Å². The molecule has 37 heavy (non-hydrogen) atoms. The molecule has 0 bridgehead atoms. The number of aryl methyl sites for hydroxylation is 2. The van der Waals surface area contributed by atoms with Gasteiger partial charge in [-0.1, -0.05) is 26.0 Å². The van der Waals surface area contributed by atoms with Crippen LogP contribution in [0.4, 0.5) is 11.4 Å². The quantitative estimate of drug-likeness (QED) is 0.326. The second kappa shape index (κ2) is 10.1. The topological polar surface area (TPSA) is 75.1 Å². The van der Waals surface area contributed by atoms with Gasteiger partial charge in [0.25, 0.3) is 0 Å². The Labute approximate surface area is 222 Å². The third kappa shape index (κ3) is 4.84. The first-order valence-corrected chi connectivity index (χ1v) is 12.8. The van der Waals surface area contributed by atoms with E-state index in [2.05, 4.69) is 48.3 Å². The van der Waals surface area contributed by atoms with Crippen molar-refractivity contribution in [2.75, 3.05) is 10.2 Å². The summed E-state index contributed by atoms with van der Waals surface area (Å²) in [6.45, 7) is 7.79. The molecule has 1 amide bonds. The molecule has 2 N–H and O–H groups in total. The lowest BCUT2D eigenvalue weighted by Gasteiger charge is -2.29. The predicted molar refractivity (Wildman–Crippen MR) is 151 cm³/mol. The summed E-state index contributed by atoms with van der Waals surface area (Å²) in [6, 6.07) is 19.8. The number of nitrogens with one attached hydrogen (secondary N) is 2. The fourth-order valence-corrected chi connectivity index (χ4v) is 4.94. The van der Waals surface area contributed by atoms with Crippen molar-refractivity contribution in [3.8, 4) is 5.82 Å². The summed E-state index contributed by atoms with van der Waals surface area (Å²) in [7, 11) is 0. The number of amides is 1. The molecular weight excluding hydrogens is 480 g/mol. The molecule has 2 atom stereocenters. The minimum atomic E-state index is -0.184. The highest BCUT2D eigenvalue weighted by atomic mass is 32.1. The van der Waals surface area contributed by atoms with Crippen molar-refractivity contribution in [3.63, 3.8) is 0 Å². The van der Waals surface area contributed by atoms with Crippen molar-refractivity contribution in [1.29, 1.82) is 0 Å². The van der Waals surface area contributed by atoms with Crippen LogP contribution in [-0.4, -0.2) is 25.6 Å². The van der Waals surface area contributed by atoms with E-state index < -0.39 is 0 Å².